The van der Waals surface area contributed by atoms with Crippen molar-refractivity contribution >= 4 is 0 Å². The van der Waals surface area contributed by atoms with Crippen LogP contribution < -0.4 is 5.32 Å². The minimum absolute atomic E-state index is 0.912. The lowest BCUT2D eigenvalue weighted by Gasteiger charge is -2.31. The van der Waals surface area contributed by atoms with E-state index in [0.29, 0.717) is 0 Å². The first-order valence-electron chi connectivity index (χ1n) is 6.81. The average molecular weight is 228 g/mol. The highest BCUT2D eigenvalue weighted by Gasteiger charge is 2.17. The van der Waals surface area contributed by atoms with Gasteiger partial charge in [0, 0.05) is 13.2 Å². The number of ether oxygens (including phenoxy) is 1. The first-order valence-corrected chi connectivity index (χ1v) is 6.81. The number of nitrogens with zero attached hydrogens (tertiary/aromatic N) is 1. The lowest BCUT2D eigenvalue weighted by molar-refractivity contribution is 0.0879. The van der Waals surface area contributed by atoms with Crippen LogP contribution in [0.25, 0.3) is 0 Å². The molecule has 0 amide bonds. The highest BCUT2D eigenvalue weighted by molar-refractivity contribution is 4.72. The Bertz CT molecular complexity index is 156. The van der Waals surface area contributed by atoms with Crippen molar-refractivity contribution in [1.29, 1.82) is 0 Å². The van der Waals surface area contributed by atoms with Crippen LogP contribution in [0.4, 0.5) is 0 Å². The van der Waals surface area contributed by atoms with Gasteiger partial charge in [-0.05, 0) is 58.3 Å². The Hall–Kier alpha value is -0.120. The van der Waals surface area contributed by atoms with E-state index in [1.165, 1.54) is 38.9 Å². The van der Waals surface area contributed by atoms with Crippen molar-refractivity contribution in [3.8, 4) is 0 Å². The summed E-state index contributed by atoms with van der Waals surface area (Å²) in [6, 6.07) is 0. The maximum Gasteiger partial charge on any atom is 0.0593 e. The van der Waals surface area contributed by atoms with E-state index in [0.717, 1.165) is 32.1 Å². The average Bonchev–Trinajstić information content (AvgIpc) is 2.33. The Morgan fingerprint density at radius 3 is 2.62 bits per heavy atom. The molecule has 0 aromatic carbocycles. The van der Waals surface area contributed by atoms with Crippen molar-refractivity contribution in [2.24, 2.45) is 5.92 Å². The highest BCUT2D eigenvalue weighted by Crippen LogP contribution is 2.19. The first kappa shape index (κ1) is 13.9. The summed E-state index contributed by atoms with van der Waals surface area (Å²) >= 11 is 0. The van der Waals surface area contributed by atoms with E-state index in [4.69, 9.17) is 4.74 Å². The van der Waals surface area contributed by atoms with E-state index in [-0.39, 0.29) is 0 Å². The van der Waals surface area contributed by atoms with Gasteiger partial charge in [-0.3, -0.25) is 0 Å². The number of piperidine rings is 1. The van der Waals surface area contributed by atoms with Crippen LogP contribution in [0.5, 0.6) is 0 Å². The minimum atomic E-state index is 0.912. The fourth-order valence-corrected chi connectivity index (χ4v) is 2.29. The molecule has 0 atom stereocenters. The van der Waals surface area contributed by atoms with E-state index in [1.807, 2.05) is 7.05 Å². The zero-order valence-corrected chi connectivity index (χ0v) is 11.0. The molecule has 1 rings (SSSR count). The molecule has 0 saturated carbocycles. The summed E-state index contributed by atoms with van der Waals surface area (Å²) in [6.45, 7) is 8.82. The van der Waals surface area contributed by atoms with Crippen LogP contribution in [0.3, 0.4) is 0 Å². The number of hydrogen-bond donors (Lipinski definition) is 1. The molecule has 1 fully saturated rings. The molecule has 0 unspecified atom stereocenters. The van der Waals surface area contributed by atoms with Crippen LogP contribution in [0.2, 0.25) is 0 Å². The first-order chi connectivity index (χ1) is 7.86. The maximum atomic E-state index is 5.53. The van der Waals surface area contributed by atoms with E-state index in [9.17, 15) is 0 Å². The van der Waals surface area contributed by atoms with Crippen LogP contribution in [-0.2, 0) is 4.74 Å². The van der Waals surface area contributed by atoms with Gasteiger partial charge in [0.15, 0.2) is 0 Å². The lowest BCUT2D eigenvalue weighted by atomic mass is 9.93. The van der Waals surface area contributed by atoms with Crippen molar-refractivity contribution in [3.05, 3.63) is 0 Å². The van der Waals surface area contributed by atoms with Crippen LogP contribution >= 0.6 is 0 Å². The van der Waals surface area contributed by atoms with Gasteiger partial charge in [-0.1, -0.05) is 6.92 Å². The minimum Gasteiger partial charge on any atom is -0.380 e. The van der Waals surface area contributed by atoms with Gasteiger partial charge in [0.1, 0.15) is 0 Å². The molecule has 0 aromatic heterocycles. The molecule has 1 aliphatic rings. The molecule has 1 N–H and O–H groups in total. The highest BCUT2D eigenvalue weighted by atomic mass is 16.5. The van der Waals surface area contributed by atoms with Gasteiger partial charge in [-0.2, -0.15) is 0 Å². The van der Waals surface area contributed by atoms with Crippen molar-refractivity contribution in [2.45, 2.75) is 32.6 Å². The lowest BCUT2D eigenvalue weighted by Crippen LogP contribution is -2.36. The van der Waals surface area contributed by atoms with E-state index in [2.05, 4.69) is 17.1 Å². The summed E-state index contributed by atoms with van der Waals surface area (Å²) in [6.07, 6.45) is 5.22. The van der Waals surface area contributed by atoms with E-state index >= 15 is 0 Å². The number of rotatable bonds is 8. The largest absolute Gasteiger partial charge is 0.380 e. The third-order valence-electron chi connectivity index (χ3n) is 3.41. The number of nitrogens with one attached hydrogen (secondary N) is 1. The van der Waals surface area contributed by atoms with Gasteiger partial charge in [-0.15, -0.1) is 0 Å². The summed E-state index contributed by atoms with van der Waals surface area (Å²) in [7, 11) is 2.04. The van der Waals surface area contributed by atoms with Crippen LogP contribution in [0.1, 0.15) is 32.6 Å². The van der Waals surface area contributed by atoms with Gasteiger partial charge in [-0.25, -0.2) is 0 Å². The van der Waals surface area contributed by atoms with Crippen molar-refractivity contribution in [3.63, 3.8) is 0 Å². The second-order valence-electron chi connectivity index (χ2n) is 4.79. The molecule has 1 saturated heterocycles. The van der Waals surface area contributed by atoms with Gasteiger partial charge in [0.25, 0.3) is 0 Å². The standard InChI is InChI=1S/C13H28N2O/c1-3-11-16-12-10-15-8-5-13(6-9-15)4-7-14-2/h13-14H,3-12H2,1-2H3. The molecule has 3 heteroatoms. The smallest absolute Gasteiger partial charge is 0.0593 e. The van der Waals surface area contributed by atoms with Crippen LogP contribution in [0.15, 0.2) is 0 Å². The zero-order valence-electron chi connectivity index (χ0n) is 11.0. The molecule has 96 valence electrons. The van der Waals surface area contributed by atoms with E-state index in [1.54, 1.807) is 0 Å². The van der Waals surface area contributed by atoms with Gasteiger partial charge < -0.3 is 15.0 Å². The predicted octanol–water partition coefficient (Wildman–Crippen LogP) is 1.73. The summed E-state index contributed by atoms with van der Waals surface area (Å²) in [5, 5.41) is 3.24. The third-order valence-corrected chi connectivity index (χ3v) is 3.41. The number of hydrogen-bond acceptors (Lipinski definition) is 3. The monoisotopic (exact) mass is 228 g/mol. The van der Waals surface area contributed by atoms with Crippen molar-refractivity contribution in [2.75, 3.05) is 46.4 Å². The quantitative estimate of drug-likeness (QED) is 0.640. The Kier molecular flexibility index (Phi) is 7.81. The summed E-state index contributed by atoms with van der Waals surface area (Å²) < 4.78 is 5.53. The Morgan fingerprint density at radius 2 is 2.00 bits per heavy atom. The second-order valence-corrected chi connectivity index (χ2v) is 4.79. The Labute approximate surface area is 101 Å². The SMILES string of the molecule is CCCOCCN1CCC(CCNC)CC1. The molecule has 3 nitrogen and oxygen atoms in total. The molecule has 0 bridgehead atoms. The molecule has 1 heterocycles. The fraction of sp³-hybridized carbons (Fsp3) is 1.00. The molecular weight excluding hydrogens is 200 g/mol. The Morgan fingerprint density at radius 1 is 1.25 bits per heavy atom. The maximum absolute atomic E-state index is 5.53. The molecule has 16 heavy (non-hydrogen) atoms. The summed E-state index contributed by atoms with van der Waals surface area (Å²) in [5.74, 6) is 0.945. The van der Waals surface area contributed by atoms with Crippen molar-refractivity contribution in [1.82, 2.24) is 10.2 Å². The molecule has 0 radical (unpaired) electrons. The normalized spacial score (nSPS) is 19.1. The van der Waals surface area contributed by atoms with Crippen LogP contribution in [0, 0.1) is 5.92 Å². The van der Waals surface area contributed by atoms with Gasteiger partial charge >= 0.3 is 0 Å². The third kappa shape index (κ3) is 5.83. The van der Waals surface area contributed by atoms with E-state index < -0.39 is 0 Å². The second kappa shape index (κ2) is 8.97. The summed E-state index contributed by atoms with van der Waals surface area (Å²) in [4.78, 5) is 2.55. The molecule has 0 aromatic rings. The van der Waals surface area contributed by atoms with Gasteiger partial charge in [0.05, 0.1) is 6.61 Å². The predicted molar refractivity (Wildman–Crippen MR) is 68.8 cm³/mol. The van der Waals surface area contributed by atoms with Crippen molar-refractivity contribution < 1.29 is 4.74 Å². The van der Waals surface area contributed by atoms with Gasteiger partial charge in [0.2, 0.25) is 0 Å². The molecule has 1 aliphatic heterocycles. The van der Waals surface area contributed by atoms with Crippen LogP contribution in [-0.4, -0.2) is 51.3 Å². The topological polar surface area (TPSA) is 24.5 Å². The Balaban J connectivity index is 1.98. The molecule has 0 spiro atoms. The molecule has 0 aliphatic carbocycles. The fourth-order valence-electron chi connectivity index (χ4n) is 2.29. The summed E-state index contributed by atoms with van der Waals surface area (Å²) in [5.41, 5.74) is 0. The molecular formula is C13H28N2O. The number of likely N-dealkylation sites (tertiary alicyclic amines) is 1. The zero-order chi connectivity index (χ0) is 11.6.